The lowest BCUT2D eigenvalue weighted by molar-refractivity contribution is -0.141. The highest BCUT2D eigenvalue weighted by Gasteiger charge is 2.04. The number of hydrogen-bond donors (Lipinski definition) is 2. The molecule has 1 unspecified atom stereocenters. The summed E-state index contributed by atoms with van der Waals surface area (Å²) in [5, 5.41) is 17.8. The van der Waals surface area contributed by atoms with E-state index in [4.69, 9.17) is 14.9 Å². The largest absolute Gasteiger partial charge is 0.460 e. The summed E-state index contributed by atoms with van der Waals surface area (Å²) in [7, 11) is 0. The van der Waals surface area contributed by atoms with E-state index in [9.17, 15) is 4.79 Å². The van der Waals surface area contributed by atoms with Crippen LogP contribution in [0, 0.1) is 0 Å². The van der Waals surface area contributed by atoms with E-state index >= 15 is 0 Å². The average Bonchev–Trinajstić information content (AvgIpc) is 2.91. The number of carbonyl (C=O) groups excluding carboxylic acids is 1. The summed E-state index contributed by atoms with van der Waals surface area (Å²) in [5.74, 6) is -0.452. The smallest absolute Gasteiger partial charge is 0.330 e. The summed E-state index contributed by atoms with van der Waals surface area (Å²) >= 11 is 0. The maximum absolute atomic E-state index is 11.4. The highest BCUT2D eigenvalue weighted by atomic mass is 16.5. The molecule has 0 spiro atoms. The molecule has 37 heavy (non-hydrogen) atoms. The molecule has 0 radical (unpaired) electrons. The molecular weight excluding hydrogens is 460 g/mol. The predicted octanol–water partition coefficient (Wildman–Crippen LogP) is 9.60. The Kier molecular flexibility index (Phi) is 30.6. The van der Waals surface area contributed by atoms with Gasteiger partial charge in [-0.05, 0) is 12.8 Å². The van der Waals surface area contributed by atoms with Gasteiger partial charge >= 0.3 is 5.97 Å². The quantitative estimate of drug-likeness (QED) is 0.0557. The highest BCUT2D eigenvalue weighted by molar-refractivity contribution is 5.81. The minimum atomic E-state index is -0.990. The number of aliphatic hydroxyl groups excluding tert-OH is 2. The number of esters is 1. The van der Waals surface area contributed by atoms with Crippen molar-refractivity contribution in [3.63, 3.8) is 0 Å². The molecule has 0 aromatic rings. The first-order valence-electron chi connectivity index (χ1n) is 16.3. The second-order valence-corrected chi connectivity index (χ2v) is 11.1. The van der Waals surface area contributed by atoms with E-state index in [1.54, 1.807) is 0 Å². The van der Waals surface area contributed by atoms with Crippen LogP contribution in [0.4, 0.5) is 0 Å². The molecule has 0 bridgehead atoms. The molecule has 1 atom stereocenters. The van der Waals surface area contributed by atoms with Crippen molar-refractivity contribution in [2.24, 2.45) is 0 Å². The SMILES string of the molecule is CCCCCCCCCCCCCCCCCCCCCCCCCCCC=CC(=O)OCC(O)CO. The second kappa shape index (κ2) is 31.3. The van der Waals surface area contributed by atoms with Crippen LogP contribution < -0.4 is 0 Å². The molecular formula is C33H64O4. The van der Waals surface area contributed by atoms with E-state index in [0.29, 0.717) is 0 Å². The Morgan fingerprint density at radius 1 is 0.595 bits per heavy atom. The number of carbonyl (C=O) groups is 1. The standard InChI is InChI=1S/C33H64O4/c1-2-3-4-5-6-7-8-9-10-11-12-13-14-15-16-17-18-19-20-21-22-23-24-25-26-27-28-29-33(36)37-31-32(35)30-34/h28-29,32,34-35H,2-27,30-31H2,1H3. The monoisotopic (exact) mass is 524 g/mol. The maximum atomic E-state index is 11.4. The Labute approximate surface area is 231 Å². The van der Waals surface area contributed by atoms with Gasteiger partial charge in [0.2, 0.25) is 0 Å². The van der Waals surface area contributed by atoms with E-state index in [2.05, 4.69) is 6.92 Å². The van der Waals surface area contributed by atoms with Gasteiger partial charge in [0.05, 0.1) is 6.61 Å². The van der Waals surface area contributed by atoms with Crippen LogP contribution in [0.1, 0.15) is 174 Å². The van der Waals surface area contributed by atoms with Crippen molar-refractivity contribution in [1.29, 1.82) is 0 Å². The van der Waals surface area contributed by atoms with E-state index < -0.39 is 18.7 Å². The minimum absolute atomic E-state index is 0.154. The molecule has 0 aliphatic rings. The third-order valence-electron chi connectivity index (χ3n) is 7.36. The highest BCUT2D eigenvalue weighted by Crippen LogP contribution is 2.16. The van der Waals surface area contributed by atoms with Crippen LogP contribution in [-0.4, -0.2) is 35.5 Å². The molecule has 0 rings (SSSR count). The Morgan fingerprint density at radius 3 is 1.24 bits per heavy atom. The van der Waals surface area contributed by atoms with Crippen molar-refractivity contribution in [2.45, 2.75) is 180 Å². The van der Waals surface area contributed by atoms with E-state index in [-0.39, 0.29) is 6.61 Å². The van der Waals surface area contributed by atoms with Crippen molar-refractivity contribution >= 4 is 5.97 Å². The van der Waals surface area contributed by atoms with Crippen LogP contribution in [0.15, 0.2) is 12.2 Å². The Balaban J connectivity index is 3.14. The maximum Gasteiger partial charge on any atom is 0.330 e. The Hall–Kier alpha value is -0.870. The van der Waals surface area contributed by atoms with E-state index in [1.807, 2.05) is 6.08 Å². The third kappa shape index (κ3) is 31.2. The van der Waals surface area contributed by atoms with Gasteiger partial charge in [-0.25, -0.2) is 4.79 Å². The van der Waals surface area contributed by atoms with Gasteiger partial charge in [-0.2, -0.15) is 0 Å². The fraction of sp³-hybridized carbons (Fsp3) is 0.909. The lowest BCUT2D eigenvalue weighted by Crippen LogP contribution is -2.21. The summed E-state index contributed by atoms with van der Waals surface area (Å²) in [4.78, 5) is 11.4. The van der Waals surface area contributed by atoms with Crippen molar-refractivity contribution in [1.82, 2.24) is 0 Å². The molecule has 0 aliphatic carbocycles. The normalized spacial score (nSPS) is 12.4. The molecule has 0 saturated heterocycles. The van der Waals surface area contributed by atoms with Crippen LogP contribution in [0.3, 0.4) is 0 Å². The molecule has 2 N–H and O–H groups in total. The molecule has 4 heteroatoms. The van der Waals surface area contributed by atoms with Crippen LogP contribution in [0.2, 0.25) is 0 Å². The van der Waals surface area contributed by atoms with Gasteiger partial charge in [0.15, 0.2) is 0 Å². The molecule has 220 valence electrons. The molecule has 0 saturated carbocycles. The van der Waals surface area contributed by atoms with Crippen molar-refractivity contribution in [3.8, 4) is 0 Å². The zero-order chi connectivity index (χ0) is 27.1. The third-order valence-corrected chi connectivity index (χ3v) is 7.36. The van der Waals surface area contributed by atoms with E-state index in [0.717, 1.165) is 12.8 Å². The first kappa shape index (κ1) is 36.1. The number of unbranched alkanes of at least 4 members (excludes halogenated alkanes) is 25. The number of aliphatic hydroxyl groups is 2. The zero-order valence-electron chi connectivity index (χ0n) is 24.7. The van der Waals surface area contributed by atoms with Gasteiger partial charge in [-0.1, -0.05) is 167 Å². The first-order valence-corrected chi connectivity index (χ1v) is 16.3. The molecule has 0 heterocycles. The fourth-order valence-electron chi connectivity index (χ4n) is 4.86. The van der Waals surface area contributed by atoms with Gasteiger partial charge in [-0.15, -0.1) is 0 Å². The summed E-state index contributed by atoms with van der Waals surface area (Å²) < 4.78 is 4.82. The van der Waals surface area contributed by atoms with Gasteiger partial charge in [-0.3, -0.25) is 0 Å². The van der Waals surface area contributed by atoms with Gasteiger partial charge in [0, 0.05) is 6.08 Å². The van der Waals surface area contributed by atoms with Crippen LogP contribution in [-0.2, 0) is 9.53 Å². The summed E-state index contributed by atoms with van der Waals surface area (Å²) in [6.45, 7) is 1.75. The van der Waals surface area contributed by atoms with Crippen LogP contribution in [0.5, 0.6) is 0 Å². The molecule has 0 aliphatic heterocycles. The predicted molar refractivity (Wildman–Crippen MR) is 159 cm³/mol. The lowest BCUT2D eigenvalue weighted by Gasteiger charge is -2.06. The minimum Gasteiger partial charge on any atom is -0.460 e. The second-order valence-electron chi connectivity index (χ2n) is 11.1. The summed E-state index contributed by atoms with van der Waals surface area (Å²) in [5.41, 5.74) is 0. The Bertz CT molecular complexity index is 477. The van der Waals surface area contributed by atoms with Crippen LogP contribution >= 0.6 is 0 Å². The number of ether oxygens (including phenoxy) is 1. The zero-order valence-corrected chi connectivity index (χ0v) is 24.7. The van der Waals surface area contributed by atoms with Gasteiger partial charge in [0.1, 0.15) is 12.7 Å². The number of hydrogen-bond acceptors (Lipinski definition) is 4. The summed E-state index contributed by atoms with van der Waals surface area (Å²) in [6, 6.07) is 0. The average molecular weight is 525 g/mol. The van der Waals surface area contributed by atoms with Crippen molar-refractivity contribution in [2.75, 3.05) is 13.2 Å². The van der Waals surface area contributed by atoms with Crippen molar-refractivity contribution < 1.29 is 19.7 Å². The molecule has 0 aromatic carbocycles. The lowest BCUT2D eigenvalue weighted by atomic mass is 10.0. The molecule has 0 fully saturated rings. The van der Waals surface area contributed by atoms with Gasteiger partial charge < -0.3 is 14.9 Å². The number of rotatable bonds is 30. The van der Waals surface area contributed by atoms with Crippen LogP contribution in [0.25, 0.3) is 0 Å². The topological polar surface area (TPSA) is 66.8 Å². The number of allylic oxidation sites excluding steroid dienone is 1. The first-order chi connectivity index (χ1) is 18.2. The molecule has 0 aromatic heterocycles. The van der Waals surface area contributed by atoms with Crippen molar-refractivity contribution in [3.05, 3.63) is 12.2 Å². The Morgan fingerprint density at radius 2 is 0.919 bits per heavy atom. The van der Waals surface area contributed by atoms with Gasteiger partial charge in [0.25, 0.3) is 0 Å². The summed E-state index contributed by atoms with van der Waals surface area (Å²) in [6.07, 6.45) is 38.2. The molecule has 0 amide bonds. The van der Waals surface area contributed by atoms with E-state index in [1.165, 1.54) is 160 Å². The fourth-order valence-corrected chi connectivity index (χ4v) is 4.86. The molecule has 4 nitrogen and oxygen atoms in total.